The van der Waals surface area contributed by atoms with Crippen LogP contribution in [0.3, 0.4) is 0 Å². The van der Waals surface area contributed by atoms with Crippen molar-refractivity contribution < 1.29 is 9.21 Å². The summed E-state index contributed by atoms with van der Waals surface area (Å²) < 4.78 is 7.89. The first-order valence-electron chi connectivity index (χ1n) is 9.73. The molecule has 0 unspecified atom stereocenters. The van der Waals surface area contributed by atoms with E-state index < -0.39 is 11.7 Å². The zero-order chi connectivity index (χ0) is 21.3. The molecule has 0 aliphatic carbocycles. The first-order valence-corrected chi connectivity index (χ1v) is 9.73. The van der Waals surface area contributed by atoms with Crippen LogP contribution in [0, 0.1) is 0 Å². The van der Waals surface area contributed by atoms with Crippen molar-refractivity contribution in [3.05, 3.63) is 69.2 Å². The molecule has 0 saturated carbocycles. The van der Waals surface area contributed by atoms with E-state index in [1.54, 1.807) is 43.5 Å². The van der Waals surface area contributed by atoms with Gasteiger partial charge < -0.3 is 9.73 Å². The molecule has 1 aromatic carbocycles. The maximum atomic E-state index is 12.8. The van der Waals surface area contributed by atoms with Gasteiger partial charge in [-0.25, -0.2) is 14.5 Å². The summed E-state index contributed by atoms with van der Waals surface area (Å²) in [4.78, 5) is 41.5. The lowest BCUT2D eigenvalue weighted by atomic mass is 10.0. The van der Waals surface area contributed by atoms with Gasteiger partial charge in [-0.05, 0) is 32.0 Å². The molecule has 154 valence electrons. The number of hydrogen-bond donors (Lipinski definition) is 1. The number of aromatic nitrogens is 4. The average molecular weight is 407 g/mol. The van der Waals surface area contributed by atoms with E-state index in [1.165, 1.54) is 9.25 Å². The number of nitrogens with one attached hydrogen (secondary N) is 1. The van der Waals surface area contributed by atoms with Crippen molar-refractivity contribution in [2.45, 2.75) is 32.9 Å². The number of amides is 1. The first kappa shape index (κ1) is 19.6. The fraction of sp³-hybridized carbons (Fsp3) is 0.286. The maximum Gasteiger partial charge on any atom is 0.421 e. The molecule has 0 spiro atoms. The Labute approximate surface area is 171 Å². The number of carbonyl (C=O) groups is 1. The Balaban J connectivity index is 1.54. The predicted octanol–water partition coefficient (Wildman–Crippen LogP) is 1.64. The van der Waals surface area contributed by atoms with Gasteiger partial charge in [0.15, 0.2) is 11.2 Å². The molecule has 0 fully saturated rings. The summed E-state index contributed by atoms with van der Waals surface area (Å²) in [5, 5.41) is 8.45. The zero-order valence-electron chi connectivity index (χ0n) is 16.7. The van der Waals surface area contributed by atoms with E-state index in [-0.39, 0.29) is 24.6 Å². The summed E-state index contributed by atoms with van der Waals surface area (Å²) in [6, 6.07) is 10.5. The summed E-state index contributed by atoms with van der Waals surface area (Å²) in [5.41, 5.74) is 1.20. The van der Waals surface area contributed by atoms with E-state index in [4.69, 9.17) is 4.42 Å². The van der Waals surface area contributed by atoms with E-state index in [1.807, 2.05) is 13.0 Å². The third-order valence-corrected chi connectivity index (χ3v) is 5.06. The Kier molecular flexibility index (Phi) is 5.18. The monoisotopic (exact) mass is 407 g/mol. The fourth-order valence-corrected chi connectivity index (χ4v) is 3.46. The summed E-state index contributed by atoms with van der Waals surface area (Å²) >= 11 is 0. The number of fused-ring (bicyclic) bond motifs is 2. The second kappa shape index (κ2) is 7.94. The van der Waals surface area contributed by atoms with Gasteiger partial charge in [0.2, 0.25) is 5.91 Å². The van der Waals surface area contributed by atoms with Gasteiger partial charge in [-0.3, -0.25) is 14.2 Å². The van der Waals surface area contributed by atoms with Crippen LogP contribution in [0.1, 0.15) is 25.5 Å². The van der Waals surface area contributed by atoms with Crippen molar-refractivity contribution in [1.82, 2.24) is 24.6 Å². The van der Waals surface area contributed by atoms with E-state index in [2.05, 4.69) is 15.4 Å². The SMILES string of the molecule is CCn1nc([C@H](C)C(=O)NCCn2c(=O)oc3cccnc32)c2ccccc2c1=O. The van der Waals surface area contributed by atoms with Crippen LogP contribution in [0.4, 0.5) is 0 Å². The van der Waals surface area contributed by atoms with Crippen molar-refractivity contribution in [3.63, 3.8) is 0 Å². The van der Waals surface area contributed by atoms with Crippen LogP contribution in [0.5, 0.6) is 0 Å². The van der Waals surface area contributed by atoms with Crippen LogP contribution < -0.4 is 16.6 Å². The third-order valence-electron chi connectivity index (χ3n) is 5.06. The minimum atomic E-state index is -0.579. The van der Waals surface area contributed by atoms with Gasteiger partial charge in [-0.15, -0.1) is 0 Å². The van der Waals surface area contributed by atoms with Gasteiger partial charge in [0.05, 0.1) is 17.0 Å². The van der Waals surface area contributed by atoms with Crippen LogP contribution in [-0.2, 0) is 17.9 Å². The van der Waals surface area contributed by atoms with E-state index in [0.717, 1.165) is 0 Å². The number of aryl methyl sites for hydroxylation is 1. The number of rotatable bonds is 6. The lowest BCUT2D eigenvalue weighted by Crippen LogP contribution is -2.34. The van der Waals surface area contributed by atoms with Crippen molar-refractivity contribution in [2.75, 3.05) is 6.54 Å². The Hall–Kier alpha value is -3.75. The minimum absolute atomic E-state index is 0.178. The van der Waals surface area contributed by atoms with Gasteiger partial charge in [-0.2, -0.15) is 5.10 Å². The molecule has 4 rings (SSSR count). The normalized spacial score (nSPS) is 12.3. The zero-order valence-corrected chi connectivity index (χ0v) is 16.7. The molecule has 0 aliphatic rings. The van der Waals surface area contributed by atoms with Gasteiger partial charge in [0, 0.05) is 31.2 Å². The summed E-state index contributed by atoms with van der Waals surface area (Å²) in [5.74, 6) is -1.35. The standard InChI is InChI=1S/C21H21N5O4/c1-3-26-20(28)15-8-5-4-7-14(15)17(24-26)13(2)19(27)23-11-12-25-18-16(30-21(25)29)9-6-10-22-18/h4-10,13H,3,11-12H2,1-2H3,(H,23,27)/t13-/m0/s1. The Morgan fingerprint density at radius 1 is 1.17 bits per heavy atom. The van der Waals surface area contributed by atoms with Gasteiger partial charge in [0.1, 0.15) is 0 Å². The summed E-state index contributed by atoms with van der Waals surface area (Å²) in [7, 11) is 0. The van der Waals surface area contributed by atoms with Crippen molar-refractivity contribution in [1.29, 1.82) is 0 Å². The number of carbonyl (C=O) groups excluding carboxylic acids is 1. The molecule has 0 aliphatic heterocycles. The molecule has 0 radical (unpaired) electrons. The number of oxazole rings is 1. The van der Waals surface area contributed by atoms with Crippen LogP contribution in [0.15, 0.2) is 56.6 Å². The number of pyridine rings is 1. The molecule has 1 amide bonds. The topological polar surface area (TPSA) is 112 Å². The molecule has 1 N–H and O–H groups in total. The third kappa shape index (κ3) is 3.38. The predicted molar refractivity (Wildman–Crippen MR) is 111 cm³/mol. The van der Waals surface area contributed by atoms with E-state index >= 15 is 0 Å². The highest BCUT2D eigenvalue weighted by Gasteiger charge is 2.21. The highest BCUT2D eigenvalue weighted by Crippen LogP contribution is 2.21. The first-order chi connectivity index (χ1) is 14.5. The molecular weight excluding hydrogens is 386 g/mol. The largest absolute Gasteiger partial charge is 0.421 e. The molecule has 3 heterocycles. The number of nitrogens with zero attached hydrogens (tertiary/aromatic N) is 4. The highest BCUT2D eigenvalue weighted by molar-refractivity contribution is 5.91. The number of benzene rings is 1. The minimum Gasteiger partial charge on any atom is -0.406 e. The molecule has 0 bridgehead atoms. The van der Waals surface area contributed by atoms with E-state index in [9.17, 15) is 14.4 Å². The number of hydrogen-bond acceptors (Lipinski definition) is 6. The average Bonchev–Trinajstić information content (AvgIpc) is 3.09. The molecule has 30 heavy (non-hydrogen) atoms. The van der Waals surface area contributed by atoms with Gasteiger partial charge in [-0.1, -0.05) is 18.2 Å². The molecule has 9 nitrogen and oxygen atoms in total. The molecule has 1 atom stereocenters. The highest BCUT2D eigenvalue weighted by atomic mass is 16.4. The van der Waals surface area contributed by atoms with E-state index in [0.29, 0.717) is 34.2 Å². The van der Waals surface area contributed by atoms with Crippen LogP contribution in [-0.4, -0.2) is 31.8 Å². The van der Waals surface area contributed by atoms with Crippen LogP contribution in [0.2, 0.25) is 0 Å². The molecule has 9 heteroatoms. The fourth-order valence-electron chi connectivity index (χ4n) is 3.46. The van der Waals surface area contributed by atoms with Crippen molar-refractivity contribution in [2.24, 2.45) is 0 Å². The molecule has 4 aromatic rings. The van der Waals surface area contributed by atoms with Crippen LogP contribution >= 0.6 is 0 Å². The van der Waals surface area contributed by atoms with Crippen molar-refractivity contribution >= 4 is 27.9 Å². The summed E-state index contributed by atoms with van der Waals surface area (Å²) in [6.45, 7) is 4.44. The maximum absolute atomic E-state index is 12.8. The second-order valence-corrected chi connectivity index (χ2v) is 6.91. The summed E-state index contributed by atoms with van der Waals surface area (Å²) in [6.07, 6.45) is 1.58. The van der Waals surface area contributed by atoms with Crippen molar-refractivity contribution in [3.8, 4) is 0 Å². The molecule has 0 saturated heterocycles. The Bertz CT molecular complexity index is 1350. The molecular formula is C21H21N5O4. The Morgan fingerprint density at radius 2 is 1.93 bits per heavy atom. The van der Waals surface area contributed by atoms with Gasteiger partial charge in [0.25, 0.3) is 5.56 Å². The second-order valence-electron chi connectivity index (χ2n) is 6.91. The van der Waals surface area contributed by atoms with Gasteiger partial charge >= 0.3 is 5.76 Å². The van der Waals surface area contributed by atoms with Crippen LogP contribution in [0.25, 0.3) is 22.0 Å². The Morgan fingerprint density at radius 3 is 2.70 bits per heavy atom. The lowest BCUT2D eigenvalue weighted by molar-refractivity contribution is -0.122. The smallest absolute Gasteiger partial charge is 0.406 e. The quantitative estimate of drug-likeness (QED) is 0.520. The molecule has 3 aromatic heterocycles. The lowest BCUT2D eigenvalue weighted by Gasteiger charge is -2.15.